The van der Waals surface area contributed by atoms with Crippen molar-refractivity contribution in [2.45, 2.75) is 31.7 Å². The van der Waals surface area contributed by atoms with Gasteiger partial charge in [0.05, 0.1) is 0 Å². The summed E-state index contributed by atoms with van der Waals surface area (Å²) in [6, 6.07) is 6.10. The lowest BCUT2D eigenvalue weighted by Crippen LogP contribution is -2.19. The monoisotopic (exact) mass is 287 g/mol. The predicted octanol–water partition coefficient (Wildman–Crippen LogP) is 4.29. The molecule has 2 rings (SSSR count). The molecular weight excluding hydrogens is 273 g/mol. The summed E-state index contributed by atoms with van der Waals surface area (Å²) < 4.78 is 1.01. The molecule has 0 amide bonds. The van der Waals surface area contributed by atoms with Crippen LogP contribution in [0.25, 0.3) is 0 Å². The van der Waals surface area contributed by atoms with E-state index < -0.39 is 0 Å². The fourth-order valence-corrected chi connectivity index (χ4v) is 3.24. The normalized spacial score (nSPS) is 19.4. The highest BCUT2D eigenvalue weighted by Gasteiger charge is 2.23. The van der Waals surface area contributed by atoms with Gasteiger partial charge in [0.2, 0.25) is 0 Å². The molecule has 1 unspecified atom stereocenters. The minimum absolute atomic E-state index is 0.141. The van der Waals surface area contributed by atoms with Crippen molar-refractivity contribution in [1.29, 1.82) is 0 Å². The van der Waals surface area contributed by atoms with E-state index in [9.17, 15) is 0 Å². The van der Waals surface area contributed by atoms with Gasteiger partial charge in [-0.3, -0.25) is 0 Å². The summed E-state index contributed by atoms with van der Waals surface area (Å²) in [6.45, 7) is 0. The first kappa shape index (κ1) is 11.4. The second kappa shape index (κ2) is 4.86. The van der Waals surface area contributed by atoms with Gasteiger partial charge < -0.3 is 5.73 Å². The molecule has 1 aromatic rings. The van der Waals surface area contributed by atoms with E-state index in [0.717, 1.165) is 15.1 Å². The van der Waals surface area contributed by atoms with E-state index in [4.69, 9.17) is 17.3 Å². The number of hydrogen-bond donors (Lipinski definition) is 1. The molecular formula is C12H15BrClN. The Balaban J connectivity index is 2.20. The van der Waals surface area contributed by atoms with E-state index in [1.54, 1.807) is 0 Å². The maximum atomic E-state index is 6.26. The van der Waals surface area contributed by atoms with Crippen molar-refractivity contribution in [3.05, 3.63) is 33.3 Å². The number of halogens is 2. The molecule has 2 N–H and O–H groups in total. The van der Waals surface area contributed by atoms with Crippen LogP contribution in [-0.2, 0) is 0 Å². The van der Waals surface area contributed by atoms with Crippen LogP contribution in [-0.4, -0.2) is 0 Å². The van der Waals surface area contributed by atoms with Gasteiger partial charge in [0.25, 0.3) is 0 Å². The predicted molar refractivity (Wildman–Crippen MR) is 68.0 cm³/mol. The third kappa shape index (κ3) is 2.74. The van der Waals surface area contributed by atoms with Crippen LogP contribution in [0.3, 0.4) is 0 Å². The van der Waals surface area contributed by atoms with Gasteiger partial charge in [-0.1, -0.05) is 40.4 Å². The molecule has 15 heavy (non-hydrogen) atoms. The van der Waals surface area contributed by atoms with Crippen LogP contribution in [0.4, 0.5) is 0 Å². The minimum Gasteiger partial charge on any atom is -0.324 e. The summed E-state index contributed by atoms with van der Waals surface area (Å²) in [7, 11) is 0. The van der Waals surface area contributed by atoms with Crippen molar-refractivity contribution >= 4 is 27.5 Å². The van der Waals surface area contributed by atoms with Gasteiger partial charge in [-0.2, -0.15) is 0 Å². The zero-order valence-corrected chi connectivity index (χ0v) is 10.9. The van der Waals surface area contributed by atoms with E-state index in [1.807, 2.05) is 12.1 Å². The largest absolute Gasteiger partial charge is 0.324 e. The van der Waals surface area contributed by atoms with Crippen LogP contribution in [0, 0.1) is 5.92 Å². The van der Waals surface area contributed by atoms with Crippen LogP contribution in [0.2, 0.25) is 5.02 Å². The molecule has 0 aromatic heterocycles. The molecule has 82 valence electrons. The minimum atomic E-state index is 0.141. The van der Waals surface area contributed by atoms with E-state index in [2.05, 4.69) is 22.0 Å². The fourth-order valence-electron chi connectivity index (χ4n) is 2.36. The summed E-state index contributed by atoms with van der Waals surface area (Å²) in [5.74, 6) is 0.635. The van der Waals surface area contributed by atoms with E-state index in [1.165, 1.54) is 25.7 Å². The summed E-state index contributed by atoms with van der Waals surface area (Å²) in [4.78, 5) is 0. The van der Waals surface area contributed by atoms with E-state index in [0.29, 0.717) is 5.92 Å². The zero-order chi connectivity index (χ0) is 10.8. The average Bonchev–Trinajstić information content (AvgIpc) is 2.67. The molecule has 1 aromatic carbocycles. The van der Waals surface area contributed by atoms with Crippen molar-refractivity contribution < 1.29 is 0 Å². The van der Waals surface area contributed by atoms with Gasteiger partial charge >= 0.3 is 0 Å². The van der Waals surface area contributed by atoms with Crippen LogP contribution in [0.1, 0.15) is 37.3 Å². The Morgan fingerprint density at radius 2 is 1.93 bits per heavy atom. The third-order valence-corrected chi connectivity index (χ3v) is 3.85. The molecule has 0 radical (unpaired) electrons. The molecule has 1 saturated carbocycles. The number of hydrogen-bond acceptors (Lipinski definition) is 1. The van der Waals surface area contributed by atoms with Crippen molar-refractivity contribution in [3.8, 4) is 0 Å². The number of nitrogens with two attached hydrogens (primary N) is 1. The highest BCUT2D eigenvalue weighted by atomic mass is 79.9. The summed E-state index contributed by atoms with van der Waals surface area (Å²) in [5, 5.41) is 0.757. The Morgan fingerprint density at radius 3 is 2.53 bits per heavy atom. The van der Waals surface area contributed by atoms with E-state index in [-0.39, 0.29) is 6.04 Å². The van der Waals surface area contributed by atoms with Gasteiger partial charge in [0.15, 0.2) is 0 Å². The van der Waals surface area contributed by atoms with Gasteiger partial charge in [-0.15, -0.1) is 0 Å². The Morgan fingerprint density at radius 1 is 1.27 bits per heavy atom. The van der Waals surface area contributed by atoms with Crippen molar-refractivity contribution in [1.82, 2.24) is 0 Å². The molecule has 0 bridgehead atoms. The van der Waals surface area contributed by atoms with Gasteiger partial charge in [0.1, 0.15) is 0 Å². The van der Waals surface area contributed by atoms with Crippen molar-refractivity contribution in [3.63, 3.8) is 0 Å². The lowest BCUT2D eigenvalue weighted by atomic mass is 9.93. The van der Waals surface area contributed by atoms with Crippen molar-refractivity contribution in [2.75, 3.05) is 0 Å². The van der Waals surface area contributed by atoms with Crippen LogP contribution in [0.5, 0.6) is 0 Å². The number of benzene rings is 1. The second-order valence-corrected chi connectivity index (χ2v) is 5.63. The quantitative estimate of drug-likeness (QED) is 0.863. The molecule has 1 fully saturated rings. The molecule has 0 saturated heterocycles. The maximum Gasteiger partial charge on any atom is 0.0420 e. The molecule has 0 aliphatic heterocycles. The highest BCUT2D eigenvalue weighted by molar-refractivity contribution is 9.10. The zero-order valence-electron chi connectivity index (χ0n) is 8.55. The first-order chi connectivity index (χ1) is 7.16. The molecule has 0 heterocycles. The lowest BCUT2D eigenvalue weighted by Gasteiger charge is -2.19. The Bertz CT molecular complexity index is 327. The molecule has 0 spiro atoms. The lowest BCUT2D eigenvalue weighted by molar-refractivity contribution is 0.445. The summed E-state index contributed by atoms with van der Waals surface area (Å²) >= 11 is 9.47. The highest BCUT2D eigenvalue weighted by Crippen LogP contribution is 2.35. The first-order valence-electron chi connectivity index (χ1n) is 5.38. The molecule has 1 nitrogen and oxygen atoms in total. The molecule has 1 aliphatic rings. The Kier molecular flexibility index (Phi) is 3.70. The third-order valence-electron chi connectivity index (χ3n) is 3.18. The van der Waals surface area contributed by atoms with Gasteiger partial charge in [-0.25, -0.2) is 0 Å². The fraction of sp³-hybridized carbons (Fsp3) is 0.500. The molecule has 1 atom stereocenters. The maximum absolute atomic E-state index is 6.26. The van der Waals surface area contributed by atoms with E-state index >= 15 is 0 Å². The molecule has 1 aliphatic carbocycles. The summed E-state index contributed by atoms with van der Waals surface area (Å²) in [5.41, 5.74) is 7.41. The molecule has 3 heteroatoms. The standard InChI is InChI=1S/C12H15BrClN/c13-10-5-9(6-11(14)7-10)12(15)8-3-1-2-4-8/h5-8,12H,1-4,15H2. The van der Waals surface area contributed by atoms with Crippen LogP contribution in [0.15, 0.2) is 22.7 Å². The van der Waals surface area contributed by atoms with Gasteiger partial charge in [-0.05, 0) is 42.5 Å². The second-order valence-electron chi connectivity index (χ2n) is 4.27. The average molecular weight is 289 g/mol. The SMILES string of the molecule is NC(c1cc(Cl)cc(Br)c1)C1CCCC1. The first-order valence-corrected chi connectivity index (χ1v) is 6.55. The Labute approximate surface area is 104 Å². The van der Waals surface area contributed by atoms with Crippen LogP contribution >= 0.6 is 27.5 Å². The van der Waals surface area contributed by atoms with Crippen molar-refractivity contribution in [2.24, 2.45) is 11.7 Å². The topological polar surface area (TPSA) is 26.0 Å². The smallest absolute Gasteiger partial charge is 0.0420 e. The summed E-state index contributed by atoms with van der Waals surface area (Å²) in [6.07, 6.45) is 5.15. The number of rotatable bonds is 2. The Hall–Kier alpha value is -0.0500. The van der Waals surface area contributed by atoms with Gasteiger partial charge in [0, 0.05) is 15.5 Å². The van der Waals surface area contributed by atoms with Crippen LogP contribution < -0.4 is 5.73 Å².